The lowest BCUT2D eigenvalue weighted by molar-refractivity contribution is -0.121. The van der Waals surface area contributed by atoms with Gasteiger partial charge in [0.15, 0.2) is 0 Å². The molecule has 1 N–H and O–H groups in total. The van der Waals surface area contributed by atoms with Gasteiger partial charge in [-0.1, -0.05) is 145 Å². The van der Waals surface area contributed by atoms with Gasteiger partial charge in [-0.15, -0.1) is 0 Å². The first-order valence-corrected chi connectivity index (χ1v) is 15.8. The number of fused-ring (bicyclic) bond motifs is 1. The first kappa shape index (κ1) is 32.0. The van der Waals surface area contributed by atoms with E-state index in [9.17, 15) is 9.59 Å². The zero-order valence-electron chi connectivity index (χ0n) is 24.9. The van der Waals surface area contributed by atoms with E-state index in [1.165, 1.54) is 83.5 Å². The number of nitrogens with zero attached hydrogens (tertiary/aromatic N) is 1. The SMILES string of the molecule is CCCCCCCCCCCCCCCCCC(=O)N/N=C/c1c(OC(=O)c2ccccc2)ccc2ccccc12. The molecule has 0 bridgehead atoms. The molecule has 41 heavy (non-hydrogen) atoms. The van der Waals surface area contributed by atoms with Crippen molar-refractivity contribution in [1.29, 1.82) is 0 Å². The van der Waals surface area contributed by atoms with Crippen molar-refractivity contribution in [3.63, 3.8) is 0 Å². The molecular weight excluding hydrogens is 508 g/mol. The Labute approximate surface area is 246 Å². The average molecular weight is 557 g/mol. The lowest BCUT2D eigenvalue weighted by atomic mass is 10.0. The van der Waals surface area contributed by atoms with Gasteiger partial charge in [-0.25, -0.2) is 10.2 Å². The number of carbonyl (C=O) groups excluding carboxylic acids is 2. The molecule has 5 nitrogen and oxygen atoms in total. The number of amides is 1. The highest BCUT2D eigenvalue weighted by molar-refractivity contribution is 6.04. The lowest BCUT2D eigenvalue weighted by Crippen LogP contribution is -2.17. The Morgan fingerprint density at radius 3 is 1.88 bits per heavy atom. The van der Waals surface area contributed by atoms with E-state index in [1.807, 2.05) is 36.4 Å². The van der Waals surface area contributed by atoms with Crippen LogP contribution in [0.1, 0.15) is 126 Å². The molecule has 0 radical (unpaired) electrons. The normalized spacial score (nSPS) is 11.2. The molecule has 0 spiro atoms. The number of hydrogen-bond acceptors (Lipinski definition) is 4. The maximum atomic E-state index is 12.7. The van der Waals surface area contributed by atoms with Crippen molar-refractivity contribution in [3.05, 3.63) is 77.9 Å². The molecule has 5 heteroatoms. The largest absolute Gasteiger partial charge is 0.422 e. The summed E-state index contributed by atoms with van der Waals surface area (Å²) in [5, 5.41) is 6.10. The molecule has 0 fully saturated rings. The van der Waals surface area contributed by atoms with Crippen molar-refractivity contribution in [2.75, 3.05) is 0 Å². The van der Waals surface area contributed by atoms with Crippen molar-refractivity contribution in [2.24, 2.45) is 5.10 Å². The van der Waals surface area contributed by atoms with Gasteiger partial charge in [-0.3, -0.25) is 4.79 Å². The molecule has 0 aliphatic heterocycles. The van der Waals surface area contributed by atoms with Gasteiger partial charge in [0.25, 0.3) is 0 Å². The molecule has 0 unspecified atom stereocenters. The van der Waals surface area contributed by atoms with Crippen molar-refractivity contribution in [1.82, 2.24) is 5.43 Å². The second kappa shape index (κ2) is 19.6. The molecule has 0 aromatic heterocycles. The molecule has 220 valence electrons. The number of esters is 1. The summed E-state index contributed by atoms with van der Waals surface area (Å²) in [5.41, 5.74) is 3.77. The predicted octanol–water partition coefficient (Wildman–Crippen LogP) is 9.77. The van der Waals surface area contributed by atoms with Crippen LogP contribution in [0, 0.1) is 0 Å². The second-order valence-electron chi connectivity index (χ2n) is 10.9. The molecular formula is C36H48N2O3. The summed E-state index contributed by atoms with van der Waals surface area (Å²) in [5.74, 6) is -0.135. The van der Waals surface area contributed by atoms with Crippen LogP contribution >= 0.6 is 0 Å². The van der Waals surface area contributed by atoms with Gasteiger partial charge in [-0.05, 0) is 35.4 Å². The zero-order chi connectivity index (χ0) is 29.0. The summed E-state index contributed by atoms with van der Waals surface area (Å²) in [7, 11) is 0. The number of ether oxygens (including phenoxy) is 1. The summed E-state index contributed by atoms with van der Waals surface area (Å²) < 4.78 is 5.71. The minimum atomic E-state index is -0.437. The van der Waals surface area contributed by atoms with Gasteiger partial charge in [-0.2, -0.15) is 5.10 Å². The fourth-order valence-corrected chi connectivity index (χ4v) is 5.11. The van der Waals surface area contributed by atoms with Crippen molar-refractivity contribution in [2.45, 2.75) is 110 Å². The average Bonchev–Trinajstić information content (AvgIpc) is 3.00. The molecule has 3 aromatic carbocycles. The number of carbonyl (C=O) groups is 2. The smallest absolute Gasteiger partial charge is 0.343 e. The number of unbranched alkanes of at least 4 members (excludes halogenated alkanes) is 14. The van der Waals surface area contributed by atoms with Crippen LogP contribution in [0.5, 0.6) is 5.75 Å². The Morgan fingerprint density at radius 2 is 1.24 bits per heavy atom. The quantitative estimate of drug-likeness (QED) is 0.0495. The first-order chi connectivity index (χ1) is 20.2. The van der Waals surface area contributed by atoms with E-state index in [-0.39, 0.29) is 5.91 Å². The van der Waals surface area contributed by atoms with Gasteiger partial charge >= 0.3 is 5.97 Å². The van der Waals surface area contributed by atoms with Crippen LogP contribution in [-0.2, 0) is 4.79 Å². The Kier molecular flexibility index (Phi) is 15.3. The minimum absolute atomic E-state index is 0.0981. The standard InChI is InChI=1S/C36H48N2O3/c1-2-3-4-5-6-7-8-9-10-11-12-13-14-15-19-26-35(39)38-37-29-33-32-25-21-20-22-30(32)27-28-34(33)41-36(40)31-23-17-16-18-24-31/h16-18,20-25,27-29H,2-15,19,26H2,1H3,(H,38,39)/b37-29+. The first-order valence-electron chi connectivity index (χ1n) is 15.8. The molecule has 0 saturated heterocycles. The van der Waals surface area contributed by atoms with E-state index in [4.69, 9.17) is 4.74 Å². The Hall–Kier alpha value is -3.47. The summed E-state index contributed by atoms with van der Waals surface area (Å²) in [6.45, 7) is 2.27. The summed E-state index contributed by atoms with van der Waals surface area (Å²) in [6, 6.07) is 20.4. The van der Waals surface area contributed by atoms with Gasteiger partial charge in [0.05, 0.1) is 11.8 Å². The molecule has 3 aromatic rings. The monoisotopic (exact) mass is 556 g/mol. The minimum Gasteiger partial charge on any atom is -0.422 e. The van der Waals surface area contributed by atoms with Crippen LogP contribution in [0.15, 0.2) is 71.8 Å². The highest BCUT2D eigenvalue weighted by Gasteiger charge is 2.13. The van der Waals surface area contributed by atoms with Gasteiger partial charge in [0, 0.05) is 12.0 Å². The number of nitrogens with one attached hydrogen (secondary N) is 1. The van der Waals surface area contributed by atoms with Crippen LogP contribution < -0.4 is 10.2 Å². The summed E-state index contributed by atoms with van der Waals surface area (Å²) in [4.78, 5) is 25.0. The van der Waals surface area contributed by atoms with Crippen LogP contribution in [0.3, 0.4) is 0 Å². The van der Waals surface area contributed by atoms with Crippen LogP contribution in [0.2, 0.25) is 0 Å². The maximum Gasteiger partial charge on any atom is 0.343 e. The highest BCUT2D eigenvalue weighted by Crippen LogP contribution is 2.27. The number of hydrogen-bond donors (Lipinski definition) is 1. The molecule has 0 saturated carbocycles. The third kappa shape index (κ3) is 12.3. The molecule has 1 amide bonds. The molecule has 0 aliphatic rings. The van der Waals surface area contributed by atoms with Crippen LogP contribution in [-0.4, -0.2) is 18.1 Å². The molecule has 0 aliphatic carbocycles. The van der Waals surface area contributed by atoms with E-state index in [2.05, 4.69) is 17.5 Å². The van der Waals surface area contributed by atoms with Crippen molar-refractivity contribution >= 4 is 28.9 Å². The number of rotatable bonds is 20. The number of hydrazone groups is 1. The Balaban J connectivity index is 1.33. The van der Waals surface area contributed by atoms with Gasteiger partial charge in [0.1, 0.15) is 5.75 Å². The third-order valence-electron chi connectivity index (χ3n) is 7.53. The van der Waals surface area contributed by atoms with Crippen LogP contribution in [0.25, 0.3) is 10.8 Å². The summed E-state index contributed by atoms with van der Waals surface area (Å²) in [6.07, 6.45) is 21.5. The van der Waals surface area contributed by atoms with Crippen LogP contribution in [0.4, 0.5) is 0 Å². The van der Waals surface area contributed by atoms with E-state index in [0.717, 1.165) is 23.6 Å². The maximum absolute atomic E-state index is 12.7. The molecule has 0 atom stereocenters. The van der Waals surface area contributed by atoms with Crippen molar-refractivity contribution in [3.8, 4) is 5.75 Å². The summed E-state index contributed by atoms with van der Waals surface area (Å²) >= 11 is 0. The Bertz CT molecular complexity index is 1210. The highest BCUT2D eigenvalue weighted by atomic mass is 16.5. The lowest BCUT2D eigenvalue weighted by Gasteiger charge is -2.10. The van der Waals surface area contributed by atoms with E-state index in [1.54, 1.807) is 36.5 Å². The van der Waals surface area contributed by atoms with E-state index >= 15 is 0 Å². The fourth-order valence-electron chi connectivity index (χ4n) is 5.11. The third-order valence-corrected chi connectivity index (χ3v) is 7.53. The predicted molar refractivity (Wildman–Crippen MR) is 171 cm³/mol. The zero-order valence-corrected chi connectivity index (χ0v) is 24.9. The van der Waals surface area contributed by atoms with E-state index in [0.29, 0.717) is 23.3 Å². The fraction of sp³-hybridized carbons (Fsp3) is 0.472. The van der Waals surface area contributed by atoms with Gasteiger partial charge < -0.3 is 4.74 Å². The molecule has 3 rings (SSSR count). The van der Waals surface area contributed by atoms with E-state index < -0.39 is 5.97 Å². The second-order valence-corrected chi connectivity index (χ2v) is 10.9. The Morgan fingerprint density at radius 1 is 0.683 bits per heavy atom. The van der Waals surface area contributed by atoms with Crippen molar-refractivity contribution < 1.29 is 14.3 Å². The number of benzene rings is 3. The van der Waals surface area contributed by atoms with Gasteiger partial charge in [0.2, 0.25) is 5.91 Å². The molecule has 0 heterocycles. The topological polar surface area (TPSA) is 67.8 Å².